The Morgan fingerprint density at radius 2 is 2.09 bits per heavy atom. The van der Waals surface area contributed by atoms with E-state index in [1.165, 1.54) is 4.31 Å². The average Bonchev–Trinajstić information content (AvgIpc) is 3.50. The first-order valence-corrected chi connectivity index (χ1v) is 13.1. The van der Waals surface area contributed by atoms with E-state index in [-0.39, 0.29) is 29.6 Å². The van der Waals surface area contributed by atoms with Gasteiger partial charge in [0.15, 0.2) is 0 Å². The lowest BCUT2D eigenvalue weighted by Gasteiger charge is -2.25. The summed E-state index contributed by atoms with van der Waals surface area (Å²) in [6.45, 7) is 2.40. The zero-order valence-electron chi connectivity index (χ0n) is 18.8. The normalized spacial score (nSPS) is 16.6. The topological polar surface area (TPSA) is 114 Å². The summed E-state index contributed by atoms with van der Waals surface area (Å²) in [5.74, 6) is 0.624. The van der Waals surface area contributed by atoms with E-state index < -0.39 is 10.0 Å². The minimum Gasteiger partial charge on any atom is -0.497 e. The van der Waals surface area contributed by atoms with E-state index >= 15 is 0 Å². The Morgan fingerprint density at radius 3 is 2.85 bits per heavy atom. The van der Waals surface area contributed by atoms with Crippen LogP contribution in [0.25, 0.3) is 21.9 Å². The van der Waals surface area contributed by atoms with Crippen LogP contribution in [0.3, 0.4) is 0 Å². The lowest BCUT2D eigenvalue weighted by Crippen LogP contribution is -2.38. The van der Waals surface area contributed by atoms with Gasteiger partial charge in [0, 0.05) is 31.3 Å². The van der Waals surface area contributed by atoms with Crippen molar-refractivity contribution in [3.05, 3.63) is 57.9 Å². The highest BCUT2D eigenvalue weighted by Crippen LogP contribution is 2.30. The third-order valence-electron chi connectivity index (χ3n) is 6.08. The highest BCUT2D eigenvalue weighted by molar-refractivity contribution is 7.89. The molecule has 1 atom stereocenters. The third-order valence-corrected chi connectivity index (χ3v) is 8.62. The molecule has 3 heterocycles. The molecule has 9 nitrogen and oxygen atoms in total. The molecule has 0 radical (unpaired) electrons. The second-order valence-corrected chi connectivity index (χ2v) is 10.8. The van der Waals surface area contributed by atoms with Crippen molar-refractivity contribution in [2.24, 2.45) is 0 Å². The number of aryl methyl sites for hydroxylation is 1. The fourth-order valence-corrected chi connectivity index (χ4v) is 6.71. The molecule has 5 rings (SSSR count). The first-order valence-electron chi connectivity index (χ1n) is 10.9. The predicted molar refractivity (Wildman–Crippen MR) is 130 cm³/mol. The number of aromatic amines is 1. The summed E-state index contributed by atoms with van der Waals surface area (Å²) >= 11 is 0.974. The van der Waals surface area contributed by atoms with Crippen LogP contribution in [0.15, 0.2) is 46.1 Å². The molecule has 0 spiro atoms. The largest absolute Gasteiger partial charge is 0.497 e. The molecule has 34 heavy (non-hydrogen) atoms. The summed E-state index contributed by atoms with van der Waals surface area (Å²) in [6, 6.07) is 10.6. The Kier molecular flexibility index (Phi) is 6.11. The molecule has 0 aliphatic carbocycles. The van der Waals surface area contributed by atoms with Crippen LogP contribution in [-0.4, -0.2) is 52.8 Å². The summed E-state index contributed by atoms with van der Waals surface area (Å²) in [5, 5.41) is 0.784. The van der Waals surface area contributed by atoms with Gasteiger partial charge in [-0.1, -0.05) is 6.07 Å². The first-order chi connectivity index (χ1) is 16.4. The second kappa shape index (κ2) is 9.06. The van der Waals surface area contributed by atoms with Gasteiger partial charge in [0.25, 0.3) is 5.56 Å². The van der Waals surface area contributed by atoms with E-state index in [9.17, 15) is 13.2 Å². The van der Waals surface area contributed by atoms with Gasteiger partial charge in [-0.25, -0.2) is 8.42 Å². The number of nitrogens with zero attached hydrogens (tertiary/aromatic N) is 3. The number of hydrogen-bond acceptors (Lipinski definition) is 8. The van der Waals surface area contributed by atoms with Gasteiger partial charge >= 0.3 is 0 Å². The van der Waals surface area contributed by atoms with Gasteiger partial charge in [0.05, 0.1) is 30.5 Å². The lowest BCUT2D eigenvalue weighted by molar-refractivity contribution is 0.0925. The molecule has 178 valence electrons. The molecule has 1 fully saturated rings. The number of pyridine rings is 1. The summed E-state index contributed by atoms with van der Waals surface area (Å²) in [4.78, 5) is 15.9. The number of nitrogens with one attached hydrogen (secondary N) is 1. The fraction of sp³-hybridized carbons (Fsp3) is 0.348. The minimum atomic E-state index is -4.01. The molecular weight excluding hydrogens is 476 g/mol. The van der Waals surface area contributed by atoms with Gasteiger partial charge < -0.3 is 14.5 Å². The average molecular weight is 501 g/mol. The Hall–Kier alpha value is -2.86. The van der Waals surface area contributed by atoms with Gasteiger partial charge in [0.1, 0.15) is 21.7 Å². The number of methoxy groups -OCH3 is 1. The van der Waals surface area contributed by atoms with E-state index in [4.69, 9.17) is 9.47 Å². The molecule has 1 saturated heterocycles. The number of benzene rings is 2. The number of sulfonamides is 1. The summed E-state index contributed by atoms with van der Waals surface area (Å²) < 4.78 is 48.8. The quantitative estimate of drug-likeness (QED) is 0.414. The number of aromatic nitrogens is 3. The molecule has 0 saturated carbocycles. The number of fused-ring (bicyclic) bond motifs is 2. The van der Waals surface area contributed by atoms with E-state index in [1.54, 1.807) is 44.4 Å². The Labute approximate surface area is 200 Å². The van der Waals surface area contributed by atoms with Gasteiger partial charge in [-0.05, 0) is 55.0 Å². The van der Waals surface area contributed by atoms with Crippen molar-refractivity contribution in [2.75, 3.05) is 20.3 Å². The van der Waals surface area contributed by atoms with Crippen LogP contribution >= 0.6 is 11.7 Å². The van der Waals surface area contributed by atoms with Crippen molar-refractivity contribution < 1.29 is 17.9 Å². The lowest BCUT2D eigenvalue weighted by atomic mass is 10.1. The van der Waals surface area contributed by atoms with Gasteiger partial charge in [-0.2, -0.15) is 13.1 Å². The van der Waals surface area contributed by atoms with Crippen LogP contribution in [0.1, 0.15) is 24.0 Å². The second-order valence-electron chi connectivity index (χ2n) is 8.35. The van der Waals surface area contributed by atoms with E-state index in [0.717, 1.165) is 30.0 Å². The standard InChI is InChI=1S/C23H24N4O5S2/c1-14-5-8-19-21(26-33-25-19)22(14)34(29,30)27(13-18-4-3-9-32-18)12-16-10-15-6-7-17(31-2)11-20(15)24-23(16)28/h5-8,10-11,18H,3-4,9,12-13H2,1-2H3,(H,24,28)/t18-/m0/s1. The molecule has 1 N–H and O–H groups in total. The van der Waals surface area contributed by atoms with Crippen LogP contribution < -0.4 is 10.3 Å². The number of rotatable bonds is 7. The molecule has 2 aromatic carbocycles. The van der Waals surface area contributed by atoms with Crippen molar-refractivity contribution in [2.45, 2.75) is 37.3 Å². The maximum Gasteiger partial charge on any atom is 0.252 e. The monoisotopic (exact) mass is 500 g/mol. The van der Waals surface area contributed by atoms with E-state index in [0.29, 0.717) is 40.0 Å². The van der Waals surface area contributed by atoms with Crippen LogP contribution in [0.4, 0.5) is 0 Å². The molecule has 2 aromatic heterocycles. The molecule has 0 unspecified atom stereocenters. The predicted octanol–water partition coefficient (Wildman–Crippen LogP) is 3.22. The maximum atomic E-state index is 14.0. The highest BCUT2D eigenvalue weighted by Gasteiger charge is 2.33. The first kappa shape index (κ1) is 22.9. The smallest absolute Gasteiger partial charge is 0.252 e. The Morgan fingerprint density at radius 1 is 1.24 bits per heavy atom. The Bertz CT molecular complexity index is 1520. The van der Waals surface area contributed by atoms with Crippen molar-refractivity contribution in [3.8, 4) is 5.75 Å². The number of ether oxygens (including phenoxy) is 2. The molecular formula is C23H24N4O5S2. The van der Waals surface area contributed by atoms with Crippen LogP contribution in [0.2, 0.25) is 0 Å². The Balaban J connectivity index is 1.59. The molecule has 11 heteroatoms. The van der Waals surface area contributed by atoms with E-state index in [2.05, 4.69) is 13.7 Å². The van der Waals surface area contributed by atoms with Crippen molar-refractivity contribution >= 4 is 43.7 Å². The number of hydrogen-bond donors (Lipinski definition) is 1. The van der Waals surface area contributed by atoms with Gasteiger partial charge in [-0.3, -0.25) is 4.79 Å². The molecule has 4 aromatic rings. The minimum absolute atomic E-state index is 0.0904. The van der Waals surface area contributed by atoms with Gasteiger partial charge in [-0.15, -0.1) is 0 Å². The van der Waals surface area contributed by atoms with Crippen molar-refractivity contribution in [1.29, 1.82) is 0 Å². The van der Waals surface area contributed by atoms with Crippen LogP contribution in [0, 0.1) is 6.92 Å². The fourth-order valence-electron chi connectivity index (χ4n) is 4.31. The molecule has 0 amide bonds. The highest BCUT2D eigenvalue weighted by atomic mass is 32.2. The van der Waals surface area contributed by atoms with Crippen LogP contribution in [-0.2, 0) is 21.3 Å². The summed E-state index contributed by atoms with van der Waals surface area (Å²) in [7, 11) is -2.45. The molecule has 0 bridgehead atoms. The zero-order chi connectivity index (χ0) is 23.9. The van der Waals surface area contributed by atoms with Crippen molar-refractivity contribution in [1.82, 2.24) is 18.0 Å². The van der Waals surface area contributed by atoms with E-state index in [1.807, 2.05) is 6.07 Å². The third kappa shape index (κ3) is 4.20. The number of H-pyrrole nitrogens is 1. The summed E-state index contributed by atoms with van der Waals surface area (Å²) in [5.41, 5.74) is 2.08. The zero-order valence-corrected chi connectivity index (χ0v) is 20.4. The molecule has 1 aliphatic rings. The van der Waals surface area contributed by atoms with Crippen LogP contribution in [0.5, 0.6) is 5.75 Å². The maximum absolute atomic E-state index is 14.0. The SMILES string of the molecule is COc1ccc2cc(CN(C[C@@H]3CCCO3)S(=O)(=O)c3c(C)ccc4nsnc34)c(=O)[nH]c2c1. The summed E-state index contributed by atoms with van der Waals surface area (Å²) in [6.07, 6.45) is 1.41. The van der Waals surface area contributed by atoms with Crippen molar-refractivity contribution in [3.63, 3.8) is 0 Å². The van der Waals surface area contributed by atoms with Gasteiger partial charge in [0.2, 0.25) is 10.0 Å². The molecule has 1 aliphatic heterocycles.